The number of unbranched alkanes of at least 4 members (excludes halogenated alkanes) is 23. The lowest BCUT2D eigenvalue weighted by Gasteiger charge is -2.31. The van der Waals surface area contributed by atoms with E-state index in [2.05, 4.69) is 74.6 Å². The molecule has 0 aromatic rings. The summed E-state index contributed by atoms with van der Waals surface area (Å²) in [4.78, 5) is 37.2. The van der Waals surface area contributed by atoms with Gasteiger partial charge in [-0.2, -0.15) is 0 Å². The van der Waals surface area contributed by atoms with Gasteiger partial charge in [0.05, 0.1) is 34.4 Å². The number of aliphatic carboxylic acids is 1. The highest BCUT2D eigenvalue weighted by atomic mass is 16.6. The van der Waals surface area contributed by atoms with Crippen LogP contribution in [0.25, 0.3) is 0 Å². The number of hydrogen-bond acceptors (Lipinski definition) is 6. The number of carboxylic acid groups (broad SMARTS) is 1. The first kappa shape index (κ1) is 61.0. The van der Waals surface area contributed by atoms with E-state index in [1.54, 1.807) is 0 Å². The summed E-state index contributed by atoms with van der Waals surface area (Å²) < 4.78 is 17.4. The van der Waals surface area contributed by atoms with Crippen molar-refractivity contribution in [2.24, 2.45) is 0 Å². The molecule has 0 aromatic carbocycles. The van der Waals surface area contributed by atoms with Gasteiger partial charge in [-0.25, -0.2) is 4.79 Å². The third-order valence-electron chi connectivity index (χ3n) is 11.7. The number of carbonyl (C=O) groups excluding carboxylic acids is 2. The molecule has 0 aromatic heterocycles. The summed E-state index contributed by atoms with van der Waals surface area (Å²) in [7, 11) is 5.53. The molecular weight excluding hydrogens is 799 g/mol. The molecule has 1 N–H and O–H groups in total. The second-order valence-corrected chi connectivity index (χ2v) is 18.7. The first-order valence-corrected chi connectivity index (χ1v) is 26.3. The van der Waals surface area contributed by atoms with Crippen LogP contribution >= 0.6 is 0 Å². The largest absolute Gasteiger partial charge is 0.477 e. The number of quaternary nitrogens is 1. The molecular formula is C56H100NO7+. The molecule has 8 nitrogen and oxygen atoms in total. The summed E-state index contributed by atoms with van der Waals surface area (Å²) >= 11 is 0. The summed E-state index contributed by atoms with van der Waals surface area (Å²) in [5.74, 6) is -1.48. The van der Waals surface area contributed by atoms with Crippen molar-refractivity contribution < 1.29 is 38.2 Å². The Labute approximate surface area is 394 Å². The van der Waals surface area contributed by atoms with Crippen molar-refractivity contribution in [2.45, 2.75) is 238 Å². The number of likely N-dealkylation sites (N-methyl/N-ethyl adjacent to an activating group) is 1. The fourth-order valence-electron chi connectivity index (χ4n) is 7.61. The SMILES string of the molecule is CC/C=C/C/C=C/C/C=C/C/C=C/CCCCCCCCCC(=O)OCC(COCCC(C(=O)O)[N+](C)(C)C)OC(=O)CCCCCCCCC/C=C/CCCCCCCCCCC. The van der Waals surface area contributed by atoms with Crippen molar-refractivity contribution in [2.75, 3.05) is 41.0 Å². The zero-order chi connectivity index (χ0) is 47.0. The topological polar surface area (TPSA) is 99.1 Å². The molecule has 0 radical (unpaired) electrons. The van der Waals surface area contributed by atoms with Crippen LogP contribution < -0.4 is 0 Å². The van der Waals surface area contributed by atoms with Crippen LogP contribution in [-0.2, 0) is 28.6 Å². The monoisotopic (exact) mass is 899 g/mol. The van der Waals surface area contributed by atoms with E-state index >= 15 is 0 Å². The van der Waals surface area contributed by atoms with E-state index in [0.29, 0.717) is 19.3 Å². The molecule has 0 saturated heterocycles. The van der Waals surface area contributed by atoms with Gasteiger partial charge in [-0.05, 0) is 77.0 Å². The number of esters is 2. The fourth-order valence-corrected chi connectivity index (χ4v) is 7.61. The predicted octanol–water partition coefficient (Wildman–Crippen LogP) is 15.3. The Bertz CT molecular complexity index is 1230. The minimum Gasteiger partial charge on any atom is -0.477 e. The highest BCUT2D eigenvalue weighted by Gasteiger charge is 2.31. The van der Waals surface area contributed by atoms with Crippen LogP contribution in [0.15, 0.2) is 60.8 Å². The third-order valence-corrected chi connectivity index (χ3v) is 11.7. The molecule has 8 heteroatoms. The normalized spacial score (nSPS) is 13.3. The lowest BCUT2D eigenvalue weighted by atomic mass is 10.1. The van der Waals surface area contributed by atoms with Gasteiger partial charge in [0.2, 0.25) is 0 Å². The van der Waals surface area contributed by atoms with Gasteiger partial charge in [-0.15, -0.1) is 0 Å². The minimum atomic E-state index is -0.877. The van der Waals surface area contributed by atoms with Crippen LogP contribution in [0.1, 0.15) is 226 Å². The van der Waals surface area contributed by atoms with Crippen molar-refractivity contribution in [3.05, 3.63) is 60.8 Å². The van der Waals surface area contributed by atoms with Crippen molar-refractivity contribution in [3.63, 3.8) is 0 Å². The predicted molar refractivity (Wildman–Crippen MR) is 271 cm³/mol. The Kier molecular flexibility index (Phi) is 44.4. The van der Waals surface area contributed by atoms with E-state index in [1.807, 2.05) is 21.1 Å². The number of carbonyl (C=O) groups is 3. The molecule has 0 rings (SSSR count). The molecule has 0 aliphatic rings. The second kappa shape index (κ2) is 46.6. The highest BCUT2D eigenvalue weighted by Crippen LogP contribution is 2.15. The molecule has 370 valence electrons. The van der Waals surface area contributed by atoms with Crippen LogP contribution in [0.3, 0.4) is 0 Å². The van der Waals surface area contributed by atoms with Gasteiger partial charge in [0.1, 0.15) is 6.61 Å². The average Bonchev–Trinajstić information content (AvgIpc) is 3.26. The maximum Gasteiger partial charge on any atom is 0.362 e. The average molecular weight is 899 g/mol. The minimum absolute atomic E-state index is 0.0548. The summed E-state index contributed by atoms with van der Waals surface area (Å²) in [5, 5.41) is 9.66. The third kappa shape index (κ3) is 44.2. The van der Waals surface area contributed by atoms with E-state index in [0.717, 1.165) is 70.6 Å². The van der Waals surface area contributed by atoms with Gasteiger partial charge < -0.3 is 23.8 Å². The van der Waals surface area contributed by atoms with Gasteiger partial charge in [-0.3, -0.25) is 9.59 Å². The van der Waals surface area contributed by atoms with Crippen LogP contribution in [0.2, 0.25) is 0 Å². The van der Waals surface area contributed by atoms with Gasteiger partial charge >= 0.3 is 17.9 Å². The molecule has 2 atom stereocenters. The van der Waals surface area contributed by atoms with Gasteiger partial charge in [0.15, 0.2) is 12.1 Å². The Morgan fingerprint density at radius 1 is 0.484 bits per heavy atom. The van der Waals surface area contributed by atoms with E-state index < -0.39 is 18.1 Å². The van der Waals surface area contributed by atoms with Crippen molar-refractivity contribution >= 4 is 17.9 Å². The zero-order valence-electron chi connectivity index (χ0n) is 42.2. The van der Waals surface area contributed by atoms with E-state index in [-0.39, 0.29) is 36.2 Å². The first-order chi connectivity index (χ1) is 31.1. The standard InChI is InChI=1S/C56H99NO7/c1-6-8-10-12-14-16-18-20-22-24-26-28-30-32-34-36-38-40-42-44-46-54(58)63-51-52(50-62-49-48-53(56(60)61)57(3,4)5)64-55(59)47-45-43-41-39-37-35-33-31-29-27-25-23-21-19-17-15-13-11-9-7-2/h8,10,14,16,20,22,26-29,52-53H,6-7,9,11-13,15,17-19,21,23-25,30-51H2,1-5H3/p+1/b10-8+,16-14+,22-20+,28-26+,29-27+. The number of hydrogen-bond donors (Lipinski definition) is 1. The Balaban J connectivity index is 4.26. The number of nitrogens with zero attached hydrogens (tertiary/aromatic N) is 1. The maximum atomic E-state index is 12.8. The smallest absolute Gasteiger partial charge is 0.362 e. The van der Waals surface area contributed by atoms with Gasteiger partial charge in [0.25, 0.3) is 0 Å². The van der Waals surface area contributed by atoms with E-state index in [4.69, 9.17) is 14.2 Å². The summed E-state index contributed by atoms with van der Waals surface area (Å²) in [6.07, 6.45) is 58.4. The van der Waals surface area contributed by atoms with Gasteiger partial charge in [-0.1, -0.05) is 190 Å². The summed E-state index contributed by atoms with van der Waals surface area (Å²) in [6.45, 7) is 4.63. The number of ether oxygens (including phenoxy) is 3. The van der Waals surface area contributed by atoms with Crippen LogP contribution in [0, 0.1) is 0 Å². The molecule has 0 amide bonds. The van der Waals surface area contributed by atoms with Crippen molar-refractivity contribution in [3.8, 4) is 0 Å². The van der Waals surface area contributed by atoms with Gasteiger partial charge in [0, 0.05) is 19.3 Å². The lowest BCUT2D eigenvalue weighted by molar-refractivity contribution is -0.887. The molecule has 64 heavy (non-hydrogen) atoms. The van der Waals surface area contributed by atoms with Crippen LogP contribution in [0.4, 0.5) is 0 Å². The number of carboxylic acids is 1. The molecule has 0 fully saturated rings. The fraction of sp³-hybridized carbons (Fsp3) is 0.768. The van der Waals surface area contributed by atoms with Crippen molar-refractivity contribution in [1.82, 2.24) is 0 Å². The molecule has 0 aliphatic carbocycles. The number of rotatable bonds is 47. The lowest BCUT2D eigenvalue weighted by Crippen LogP contribution is -2.50. The molecule has 0 saturated carbocycles. The molecule has 0 bridgehead atoms. The quantitative estimate of drug-likeness (QED) is 0.0281. The van der Waals surface area contributed by atoms with Crippen LogP contribution in [0.5, 0.6) is 0 Å². The molecule has 0 spiro atoms. The zero-order valence-corrected chi connectivity index (χ0v) is 42.2. The number of allylic oxidation sites excluding steroid dienone is 10. The summed E-state index contributed by atoms with van der Waals surface area (Å²) in [6, 6.07) is -0.619. The van der Waals surface area contributed by atoms with Crippen LogP contribution in [-0.4, -0.2) is 80.6 Å². The van der Waals surface area contributed by atoms with E-state index in [9.17, 15) is 19.5 Å². The van der Waals surface area contributed by atoms with Crippen molar-refractivity contribution in [1.29, 1.82) is 0 Å². The Morgan fingerprint density at radius 3 is 1.31 bits per heavy atom. The Hall–Kier alpha value is -2.97. The second-order valence-electron chi connectivity index (χ2n) is 18.7. The maximum absolute atomic E-state index is 12.8. The Morgan fingerprint density at radius 2 is 0.875 bits per heavy atom. The highest BCUT2D eigenvalue weighted by molar-refractivity contribution is 5.72. The molecule has 0 aliphatic heterocycles. The van der Waals surface area contributed by atoms with E-state index in [1.165, 1.54) is 122 Å². The summed E-state index contributed by atoms with van der Waals surface area (Å²) in [5.41, 5.74) is 0. The molecule has 0 heterocycles. The first-order valence-electron chi connectivity index (χ1n) is 26.3. The molecule has 2 unspecified atom stereocenters.